The lowest BCUT2D eigenvalue weighted by molar-refractivity contribution is -0.114. The number of nitrogens with one attached hydrogen (secondary N) is 2. The molecule has 1 aromatic carbocycles. The topological polar surface area (TPSA) is 70.7 Å². The van der Waals surface area contributed by atoms with Crippen molar-refractivity contribution in [2.24, 2.45) is 0 Å². The lowest BCUT2D eigenvalue weighted by Crippen LogP contribution is -2.37. The number of carbonyl (C=O) groups is 2. The maximum atomic E-state index is 11.8. The molecule has 0 radical (unpaired) electrons. The molecule has 6 nitrogen and oxygen atoms in total. The molecule has 0 unspecified atom stereocenters. The number of para-hydroxylation sites is 1. The van der Waals surface area contributed by atoms with Crippen LogP contribution in [0.1, 0.15) is 33.3 Å². The smallest absolute Gasteiger partial charge is 0.410 e. The number of rotatable bonds is 6. The van der Waals surface area contributed by atoms with E-state index in [0.717, 1.165) is 11.3 Å². The van der Waals surface area contributed by atoms with E-state index < -0.39 is 5.60 Å². The van der Waals surface area contributed by atoms with Gasteiger partial charge in [0.25, 0.3) is 0 Å². The van der Waals surface area contributed by atoms with Crippen LogP contribution in [0.3, 0.4) is 0 Å². The molecule has 128 valence electrons. The zero-order valence-electron chi connectivity index (χ0n) is 14.6. The molecule has 0 saturated heterocycles. The molecule has 0 fully saturated rings. The van der Waals surface area contributed by atoms with E-state index in [1.165, 1.54) is 11.8 Å². The van der Waals surface area contributed by atoms with Crippen LogP contribution in [0.25, 0.3) is 0 Å². The van der Waals surface area contributed by atoms with Gasteiger partial charge in [-0.3, -0.25) is 4.79 Å². The molecule has 0 saturated carbocycles. The maximum Gasteiger partial charge on any atom is 0.410 e. The molecule has 0 spiro atoms. The second-order valence-electron chi connectivity index (χ2n) is 6.42. The standard InChI is InChI=1S/C17H27N3O3/c1-13(21)19-15-9-7-6-8-14(15)12-18-10-11-20(5)16(22)23-17(2,3)4/h6-9,18H,10-12H2,1-5H3,(H,19,21). The van der Waals surface area contributed by atoms with Crippen molar-refractivity contribution in [3.63, 3.8) is 0 Å². The molecule has 0 atom stereocenters. The van der Waals surface area contributed by atoms with Crippen LogP contribution >= 0.6 is 0 Å². The largest absolute Gasteiger partial charge is 0.444 e. The van der Waals surface area contributed by atoms with Crippen molar-refractivity contribution in [3.05, 3.63) is 29.8 Å². The van der Waals surface area contributed by atoms with Gasteiger partial charge in [-0.05, 0) is 32.4 Å². The third-order valence-electron chi connectivity index (χ3n) is 2.97. The highest BCUT2D eigenvalue weighted by Gasteiger charge is 2.19. The Morgan fingerprint density at radius 1 is 1.22 bits per heavy atom. The summed E-state index contributed by atoms with van der Waals surface area (Å²) in [5.74, 6) is -0.0953. The molecule has 2 amide bonds. The first kappa shape index (κ1) is 19.0. The van der Waals surface area contributed by atoms with E-state index in [2.05, 4.69) is 10.6 Å². The third-order valence-corrected chi connectivity index (χ3v) is 2.97. The van der Waals surface area contributed by atoms with Gasteiger partial charge in [0, 0.05) is 39.3 Å². The fourth-order valence-electron chi connectivity index (χ4n) is 1.89. The highest BCUT2D eigenvalue weighted by Crippen LogP contribution is 2.14. The summed E-state index contributed by atoms with van der Waals surface area (Å²) in [6.45, 7) is 8.79. The summed E-state index contributed by atoms with van der Waals surface area (Å²) < 4.78 is 5.29. The Morgan fingerprint density at radius 3 is 2.48 bits per heavy atom. The summed E-state index contributed by atoms with van der Waals surface area (Å²) >= 11 is 0. The SMILES string of the molecule is CC(=O)Nc1ccccc1CNCCN(C)C(=O)OC(C)(C)C. The van der Waals surface area contributed by atoms with Gasteiger partial charge < -0.3 is 20.3 Å². The van der Waals surface area contributed by atoms with Crippen molar-refractivity contribution in [1.82, 2.24) is 10.2 Å². The number of ether oxygens (including phenoxy) is 1. The highest BCUT2D eigenvalue weighted by atomic mass is 16.6. The van der Waals surface area contributed by atoms with Crippen molar-refractivity contribution < 1.29 is 14.3 Å². The van der Waals surface area contributed by atoms with E-state index in [0.29, 0.717) is 19.6 Å². The molecule has 6 heteroatoms. The van der Waals surface area contributed by atoms with Crippen LogP contribution in [-0.2, 0) is 16.1 Å². The van der Waals surface area contributed by atoms with Gasteiger partial charge in [0.05, 0.1) is 0 Å². The Morgan fingerprint density at radius 2 is 1.87 bits per heavy atom. The monoisotopic (exact) mass is 321 g/mol. The van der Waals surface area contributed by atoms with Crippen molar-refractivity contribution in [2.45, 2.75) is 39.8 Å². The number of carbonyl (C=O) groups excluding carboxylic acids is 2. The van der Waals surface area contributed by atoms with Gasteiger partial charge in [-0.15, -0.1) is 0 Å². The van der Waals surface area contributed by atoms with Crippen LogP contribution in [-0.4, -0.2) is 42.6 Å². The number of likely N-dealkylation sites (N-methyl/N-ethyl adjacent to an activating group) is 1. The van der Waals surface area contributed by atoms with Crippen molar-refractivity contribution in [3.8, 4) is 0 Å². The Labute approximate surface area is 138 Å². The number of hydrogen-bond acceptors (Lipinski definition) is 4. The van der Waals surface area contributed by atoms with Gasteiger partial charge in [-0.1, -0.05) is 18.2 Å². The minimum Gasteiger partial charge on any atom is -0.444 e. The molecule has 0 bridgehead atoms. The van der Waals surface area contributed by atoms with E-state index >= 15 is 0 Å². The summed E-state index contributed by atoms with van der Waals surface area (Å²) in [6, 6.07) is 7.63. The number of anilines is 1. The Bertz CT molecular complexity index is 538. The van der Waals surface area contributed by atoms with E-state index in [1.54, 1.807) is 7.05 Å². The highest BCUT2D eigenvalue weighted by molar-refractivity contribution is 5.89. The molecule has 0 heterocycles. The van der Waals surface area contributed by atoms with Crippen LogP contribution in [0.2, 0.25) is 0 Å². The maximum absolute atomic E-state index is 11.8. The first-order valence-corrected chi connectivity index (χ1v) is 7.69. The van der Waals surface area contributed by atoms with Gasteiger partial charge in [-0.25, -0.2) is 4.79 Å². The molecule has 0 aliphatic carbocycles. The Balaban J connectivity index is 2.40. The lowest BCUT2D eigenvalue weighted by atomic mass is 10.1. The predicted molar refractivity (Wildman–Crippen MR) is 91.3 cm³/mol. The van der Waals surface area contributed by atoms with E-state index in [-0.39, 0.29) is 12.0 Å². The zero-order valence-corrected chi connectivity index (χ0v) is 14.6. The molecule has 0 aliphatic heterocycles. The first-order chi connectivity index (χ1) is 10.7. The summed E-state index contributed by atoms with van der Waals surface area (Å²) in [7, 11) is 1.71. The van der Waals surface area contributed by atoms with Gasteiger partial charge in [0.15, 0.2) is 0 Å². The fraction of sp³-hybridized carbons (Fsp3) is 0.529. The summed E-state index contributed by atoms with van der Waals surface area (Å²) in [5.41, 5.74) is 1.31. The zero-order chi connectivity index (χ0) is 17.5. The van der Waals surface area contributed by atoms with Gasteiger partial charge >= 0.3 is 6.09 Å². The van der Waals surface area contributed by atoms with Crippen LogP contribution < -0.4 is 10.6 Å². The quantitative estimate of drug-likeness (QED) is 0.790. The number of benzene rings is 1. The third kappa shape index (κ3) is 7.65. The number of amides is 2. The molecular formula is C17H27N3O3. The van der Waals surface area contributed by atoms with Gasteiger partial charge in [-0.2, -0.15) is 0 Å². The molecule has 1 aromatic rings. The molecule has 2 N–H and O–H groups in total. The molecule has 0 aliphatic rings. The summed E-state index contributed by atoms with van der Waals surface area (Å²) in [5, 5.41) is 6.07. The normalized spacial score (nSPS) is 11.0. The van der Waals surface area contributed by atoms with Crippen molar-refractivity contribution in [1.29, 1.82) is 0 Å². The first-order valence-electron chi connectivity index (χ1n) is 7.69. The van der Waals surface area contributed by atoms with Crippen molar-refractivity contribution >= 4 is 17.7 Å². The minimum atomic E-state index is -0.490. The molecular weight excluding hydrogens is 294 g/mol. The number of hydrogen-bond donors (Lipinski definition) is 2. The molecule has 1 rings (SSSR count). The van der Waals surface area contributed by atoms with Crippen LogP contribution in [0.5, 0.6) is 0 Å². The van der Waals surface area contributed by atoms with Gasteiger partial charge in [0.1, 0.15) is 5.60 Å². The Kier molecular flexibility index (Phi) is 7.03. The number of nitrogens with zero attached hydrogens (tertiary/aromatic N) is 1. The van der Waals surface area contributed by atoms with E-state index in [4.69, 9.17) is 4.74 Å². The molecule has 0 aromatic heterocycles. The average molecular weight is 321 g/mol. The second kappa shape index (κ2) is 8.53. The average Bonchev–Trinajstić information content (AvgIpc) is 2.42. The Hall–Kier alpha value is -2.08. The summed E-state index contributed by atoms with van der Waals surface area (Å²) in [6.07, 6.45) is -0.335. The predicted octanol–water partition coefficient (Wildman–Crippen LogP) is 2.60. The molecule has 23 heavy (non-hydrogen) atoms. The van der Waals surface area contributed by atoms with Gasteiger partial charge in [0.2, 0.25) is 5.91 Å². The second-order valence-corrected chi connectivity index (χ2v) is 6.42. The van der Waals surface area contributed by atoms with Crippen LogP contribution in [0.4, 0.5) is 10.5 Å². The minimum absolute atomic E-state index is 0.0953. The van der Waals surface area contributed by atoms with Crippen molar-refractivity contribution in [2.75, 3.05) is 25.5 Å². The van der Waals surface area contributed by atoms with Crippen LogP contribution in [0, 0.1) is 0 Å². The lowest BCUT2D eigenvalue weighted by Gasteiger charge is -2.24. The summed E-state index contributed by atoms with van der Waals surface area (Å²) in [4.78, 5) is 24.6. The van der Waals surface area contributed by atoms with E-state index in [1.807, 2.05) is 45.0 Å². The van der Waals surface area contributed by atoms with Crippen LogP contribution in [0.15, 0.2) is 24.3 Å². The fourth-order valence-corrected chi connectivity index (χ4v) is 1.89. The van der Waals surface area contributed by atoms with E-state index in [9.17, 15) is 9.59 Å².